The van der Waals surface area contributed by atoms with Crippen molar-refractivity contribution in [1.29, 1.82) is 0 Å². The number of rotatable bonds is 5. The molecular formula is C13H23N3. The van der Waals surface area contributed by atoms with Gasteiger partial charge in [-0.2, -0.15) is 0 Å². The minimum Gasteiger partial charge on any atom is -0.354 e. The molecule has 0 aliphatic heterocycles. The van der Waals surface area contributed by atoms with E-state index in [0.717, 1.165) is 17.9 Å². The third kappa shape index (κ3) is 3.20. The summed E-state index contributed by atoms with van der Waals surface area (Å²) in [7, 11) is 0. The summed E-state index contributed by atoms with van der Waals surface area (Å²) in [5.41, 5.74) is 6.87. The molecule has 90 valence electrons. The maximum atomic E-state index is 5.75. The zero-order valence-corrected chi connectivity index (χ0v) is 10.8. The lowest BCUT2D eigenvalue weighted by Crippen LogP contribution is -2.35. The molecule has 3 nitrogen and oxygen atoms in total. The number of nitrogens with two attached hydrogens (primary N) is 1. The molecule has 0 amide bonds. The number of hydrogen-bond acceptors (Lipinski definition) is 3. The lowest BCUT2D eigenvalue weighted by Gasteiger charge is -2.31. The molecule has 3 heteroatoms. The zero-order chi connectivity index (χ0) is 12.1. The van der Waals surface area contributed by atoms with Gasteiger partial charge in [-0.25, -0.2) is 4.98 Å². The molecular weight excluding hydrogens is 198 g/mol. The summed E-state index contributed by atoms with van der Waals surface area (Å²) in [4.78, 5) is 6.80. The lowest BCUT2D eigenvalue weighted by molar-refractivity contribution is 0.564. The van der Waals surface area contributed by atoms with E-state index in [0.29, 0.717) is 18.5 Å². The second-order valence-electron chi connectivity index (χ2n) is 4.83. The van der Waals surface area contributed by atoms with Gasteiger partial charge >= 0.3 is 0 Å². The van der Waals surface area contributed by atoms with Crippen molar-refractivity contribution in [2.45, 2.75) is 40.3 Å². The molecule has 2 N–H and O–H groups in total. The minimum absolute atomic E-state index is 0.447. The van der Waals surface area contributed by atoms with E-state index in [2.05, 4.69) is 43.6 Å². The Morgan fingerprint density at radius 3 is 2.50 bits per heavy atom. The van der Waals surface area contributed by atoms with Crippen LogP contribution in [-0.2, 0) is 6.54 Å². The highest BCUT2D eigenvalue weighted by molar-refractivity contribution is 5.47. The van der Waals surface area contributed by atoms with Gasteiger partial charge in [0, 0.05) is 30.9 Å². The van der Waals surface area contributed by atoms with E-state index in [1.807, 2.05) is 12.3 Å². The van der Waals surface area contributed by atoms with Crippen LogP contribution in [0.4, 0.5) is 5.82 Å². The zero-order valence-electron chi connectivity index (χ0n) is 10.8. The molecule has 0 aliphatic rings. The fourth-order valence-corrected chi connectivity index (χ4v) is 1.78. The predicted octanol–water partition coefficient (Wildman–Crippen LogP) is 2.41. The second-order valence-corrected chi connectivity index (χ2v) is 4.83. The van der Waals surface area contributed by atoms with Crippen LogP contribution < -0.4 is 10.6 Å². The average molecular weight is 221 g/mol. The molecule has 16 heavy (non-hydrogen) atoms. The van der Waals surface area contributed by atoms with Gasteiger partial charge in [0.25, 0.3) is 0 Å². The molecule has 0 radical (unpaired) electrons. The Balaban J connectivity index is 3.00. The SMILES string of the molecule is CC(C)CN(c1ncccc1CN)C(C)C. The van der Waals surface area contributed by atoms with Crippen molar-refractivity contribution >= 4 is 5.82 Å². The van der Waals surface area contributed by atoms with Crippen LogP contribution in [0.25, 0.3) is 0 Å². The lowest BCUT2D eigenvalue weighted by atomic mass is 10.1. The quantitative estimate of drug-likeness (QED) is 0.830. The highest BCUT2D eigenvalue weighted by atomic mass is 15.2. The molecule has 0 bridgehead atoms. The van der Waals surface area contributed by atoms with Gasteiger partial charge in [-0.3, -0.25) is 0 Å². The van der Waals surface area contributed by atoms with E-state index in [9.17, 15) is 0 Å². The normalized spacial score (nSPS) is 11.2. The van der Waals surface area contributed by atoms with Gasteiger partial charge in [0.05, 0.1) is 0 Å². The third-order valence-corrected chi connectivity index (χ3v) is 2.54. The fourth-order valence-electron chi connectivity index (χ4n) is 1.78. The summed E-state index contributed by atoms with van der Waals surface area (Å²) in [6.07, 6.45) is 1.84. The van der Waals surface area contributed by atoms with Crippen molar-refractivity contribution in [3.8, 4) is 0 Å². The summed E-state index contributed by atoms with van der Waals surface area (Å²) >= 11 is 0. The fraction of sp³-hybridized carbons (Fsp3) is 0.615. The van der Waals surface area contributed by atoms with Crippen LogP contribution in [0.3, 0.4) is 0 Å². The van der Waals surface area contributed by atoms with Crippen LogP contribution >= 0.6 is 0 Å². The standard InChI is InChI=1S/C13H23N3/c1-10(2)9-16(11(3)4)13-12(8-14)6-5-7-15-13/h5-7,10-11H,8-9,14H2,1-4H3. The Morgan fingerprint density at radius 1 is 1.31 bits per heavy atom. The van der Waals surface area contributed by atoms with Crippen molar-refractivity contribution in [2.24, 2.45) is 11.7 Å². The van der Waals surface area contributed by atoms with Crippen LogP contribution in [0.5, 0.6) is 0 Å². The van der Waals surface area contributed by atoms with Gasteiger partial charge in [0.2, 0.25) is 0 Å². The van der Waals surface area contributed by atoms with Crippen LogP contribution in [-0.4, -0.2) is 17.6 Å². The van der Waals surface area contributed by atoms with E-state index < -0.39 is 0 Å². The number of aromatic nitrogens is 1. The van der Waals surface area contributed by atoms with Gasteiger partial charge in [-0.1, -0.05) is 19.9 Å². The number of anilines is 1. The molecule has 0 fully saturated rings. The molecule has 1 rings (SSSR count). The Bertz CT molecular complexity index is 321. The summed E-state index contributed by atoms with van der Waals surface area (Å²) in [5.74, 6) is 1.66. The molecule has 0 unspecified atom stereocenters. The van der Waals surface area contributed by atoms with Gasteiger partial charge in [0.1, 0.15) is 5.82 Å². The third-order valence-electron chi connectivity index (χ3n) is 2.54. The molecule has 0 aromatic carbocycles. The smallest absolute Gasteiger partial charge is 0.133 e. The first kappa shape index (κ1) is 13.0. The highest BCUT2D eigenvalue weighted by Gasteiger charge is 2.15. The van der Waals surface area contributed by atoms with E-state index in [1.165, 1.54) is 0 Å². The first-order valence-corrected chi connectivity index (χ1v) is 5.96. The van der Waals surface area contributed by atoms with Gasteiger partial charge < -0.3 is 10.6 Å². The summed E-state index contributed by atoms with van der Waals surface area (Å²) in [5, 5.41) is 0. The van der Waals surface area contributed by atoms with Crippen LogP contribution in [0.2, 0.25) is 0 Å². The maximum Gasteiger partial charge on any atom is 0.133 e. The Morgan fingerprint density at radius 2 is 2.00 bits per heavy atom. The molecule has 0 saturated heterocycles. The highest BCUT2D eigenvalue weighted by Crippen LogP contribution is 2.20. The number of hydrogen-bond donors (Lipinski definition) is 1. The topological polar surface area (TPSA) is 42.2 Å². The molecule has 0 spiro atoms. The van der Waals surface area contributed by atoms with E-state index in [1.54, 1.807) is 0 Å². The number of pyridine rings is 1. The van der Waals surface area contributed by atoms with Crippen molar-refractivity contribution in [2.75, 3.05) is 11.4 Å². The van der Waals surface area contributed by atoms with Crippen molar-refractivity contribution < 1.29 is 0 Å². The molecule has 0 aliphatic carbocycles. The summed E-state index contributed by atoms with van der Waals surface area (Å²) < 4.78 is 0. The summed E-state index contributed by atoms with van der Waals surface area (Å²) in [6.45, 7) is 10.4. The van der Waals surface area contributed by atoms with Crippen LogP contribution in [0.1, 0.15) is 33.3 Å². The van der Waals surface area contributed by atoms with Crippen LogP contribution in [0, 0.1) is 5.92 Å². The largest absolute Gasteiger partial charge is 0.354 e. The average Bonchev–Trinajstić information content (AvgIpc) is 2.25. The Labute approximate surface area is 98.7 Å². The first-order valence-electron chi connectivity index (χ1n) is 5.96. The van der Waals surface area contributed by atoms with Crippen LogP contribution in [0.15, 0.2) is 18.3 Å². The number of nitrogens with zero attached hydrogens (tertiary/aromatic N) is 2. The van der Waals surface area contributed by atoms with Crippen molar-refractivity contribution in [3.63, 3.8) is 0 Å². The van der Waals surface area contributed by atoms with Gasteiger partial charge in [0.15, 0.2) is 0 Å². The molecule has 1 heterocycles. The second kappa shape index (κ2) is 5.85. The van der Waals surface area contributed by atoms with E-state index in [4.69, 9.17) is 5.73 Å². The molecule has 0 atom stereocenters. The van der Waals surface area contributed by atoms with Crippen molar-refractivity contribution in [1.82, 2.24) is 4.98 Å². The van der Waals surface area contributed by atoms with Gasteiger partial charge in [-0.05, 0) is 25.8 Å². The maximum absolute atomic E-state index is 5.75. The van der Waals surface area contributed by atoms with E-state index >= 15 is 0 Å². The summed E-state index contributed by atoms with van der Waals surface area (Å²) in [6, 6.07) is 4.44. The Kier molecular flexibility index (Phi) is 4.74. The molecule has 1 aromatic heterocycles. The minimum atomic E-state index is 0.447. The van der Waals surface area contributed by atoms with Gasteiger partial charge in [-0.15, -0.1) is 0 Å². The monoisotopic (exact) mass is 221 g/mol. The van der Waals surface area contributed by atoms with E-state index in [-0.39, 0.29) is 0 Å². The predicted molar refractivity (Wildman–Crippen MR) is 69.4 cm³/mol. The van der Waals surface area contributed by atoms with Crippen molar-refractivity contribution in [3.05, 3.63) is 23.9 Å². The first-order chi connectivity index (χ1) is 7.56. The molecule has 1 aromatic rings. The Hall–Kier alpha value is -1.09. The molecule has 0 saturated carbocycles.